The van der Waals surface area contributed by atoms with Gasteiger partial charge in [-0.2, -0.15) is 0 Å². The van der Waals surface area contributed by atoms with Gasteiger partial charge in [0.2, 0.25) is 11.8 Å². The van der Waals surface area contributed by atoms with Crippen LogP contribution in [0.3, 0.4) is 0 Å². The molecule has 5 nitrogen and oxygen atoms in total. The van der Waals surface area contributed by atoms with Crippen molar-refractivity contribution in [1.82, 2.24) is 9.80 Å². The summed E-state index contributed by atoms with van der Waals surface area (Å²) in [6.45, 7) is 9.27. The number of rotatable bonds is 7. The molecule has 0 N–H and O–H groups in total. The fourth-order valence-electron chi connectivity index (χ4n) is 2.89. The molecule has 1 aliphatic heterocycles. The summed E-state index contributed by atoms with van der Waals surface area (Å²) in [7, 11) is 0. The fraction of sp³-hybridized carbons (Fsp3) is 0.600. The van der Waals surface area contributed by atoms with Crippen LogP contribution < -0.4 is 4.74 Å². The highest BCUT2D eigenvalue weighted by Crippen LogP contribution is 2.13. The number of carbonyl (C=O) groups is 2. The Morgan fingerprint density at radius 1 is 1.00 bits per heavy atom. The molecule has 2 rings (SSSR count). The van der Waals surface area contributed by atoms with Gasteiger partial charge in [-0.1, -0.05) is 31.5 Å². The van der Waals surface area contributed by atoms with Crippen LogP contribution in [0.15, 0.2) is 24.3 Å². The molecule has 0 radical (unpaired) electrons. The number of piperazine rings is 1. The van der Waals surface area contributed by atoms with E-state index in [4.69, 9.17) is 4.74 Å². The van der Waals surface area contributed by atoms with Gasteiger partial charge >= 0.3 is 0 Å². The molecule has 1 saturated heterocycles. The average Bonchev–Trinajstić information content (AvgIpc) is 2.59. The maximum atomic E-state index is 12.3. The van der Waals surface area contributed by atoms with Gasteiger partial charge in [0.15, 0.2) is 0 Å². The lowest BCUT2D eigenvalue weighted by atomic mass is 10.1. The first-order valence-corrected chi connectivity index (χ1v) is 9.20. The Labute approximate surface area is 150 Å². The van der Waals surface area contributed by atoms with Crippen molar-refractivity contribution in [2.24, 2.45) is 5.92 Å². The van der Waals surface area contributed by atoms with E-state index in [0.29, 0.717) is 58.0 Å². The molecule has 2 amide bonds. The lowest BCUT2D eigenvalue weighted by Crippen LogP contribution is -2.50. The van der Waals surface area contributed by atoms with Crippen LogP contribution in [0.2, 0.25) is 0 Å². The predicted octanol–water partition coefficient (Wildman–Crippen LogP) is 2.87. The number of hydrogen-bond acceptors (Lipinski definition) is 3. The minimum atomic E-state index is 0.156. The van der Waals surface area contributed by atoms with Crippen molar-refractivity contribution < 1.29 is 14.3 Å². The van der Waals surface area contributed by atoms with Gasteiger partial charge in [0.1, 0.15) is 5.75 Å². The molecule has 1 aliphatic rings. The number of hydrogen-bond donors (Lipinski definition) is 0. The number of aryl methyl sites for hydroxylation is 1. The molecular weight excluding hydrogens is 316 g/mol. The van der Waals surface area contributed by atoms with Gasteiger partial charge in [-0.3, -0.25) is 9.59 Å². The first-order chi connectivity index (χ1) is 12.0. The van der Waals surface area contributed by atoms with Crippen molar-refractivity contribution in [1.29, 1.82) is 0 Å². The van der Waals surface area contributed by atoms with E-state index < -0.39 is 0 Å². The quantitative estimate of drug-likeness (QED) is 0.713. The molecule has 1 aromatic rings. The molecule has 0 aliphatic carbocycles. The van der Waals surface area contributed by atoms with Crippen molar-refractivity contribution in [3.05, 3.63) is 29.8 Å². The van der Waals surface area contributed by atoms with Crippen molar-refractivity contribution in [3.63, 3.8) is 0 Å². The molecule has 1 aromatic carbocycles. The van der Waals surface area contributed by atoms with Crippen LogP contribution in [0.25, 0.3) is 0 Å². The topological polar surface area (TPSA) is 49.9 Å². The van der Waals surface area contributed by atoms with Gasteiger partial charge in [0, 0.05) is 39.0 Å². The number of amides is 2. The Hall–Kier alpha value is -2.04. The standard InChI is InChI=1S/C20H30N2O3/c1-16(2)15-20(24)22-12-10-21(11-13-22)19(23)5-4-14-25-18-8-6-17(3)7-9-18/h6-9,16H,4-5,10-15H2,1-3H3. The van der Waals surface area contributed by atoms with E-state index in [1.54, 1.807) is 0 Å². The zero-order chi connectivity index (χ0) is 18.2. The van der Waals surface area contributed by atoms with Crippen LogP contribution in [0, 0.1) is 12.8 Å². The summed E-state index contributed by atoms with van der Waals surface area (Å²) in [5.41, 5.74) is 1.20. The molecule has 0 spiro atoms. The number of carbonyl (C=O) groups excluding carboxylic acids is 2. The van der Waals surface area contributed by atoms with Crippen LogP contribution in [0.5, 0.6) is 5.75 Å². The minimum Gasteiger partial charge on any atom is -0.494 e. The van der Waals surface area contributed by atoms with Crippen LogP contribution in [0.1, 0.15) is 38.7 Å². The maximum absolute atomic E-state index is 12.3. The van der Waals surface area contributed by atoms with Crippen molar-refractivity contribution >= 4 is 11.8 Å². The second kappa shape index (κ2) is 9.44. The summed E-state index contributed by atoms with van der Waals surface area (Å²) in [6, 6.07) is 7.93. The molecule has 0 aromatic heterocycles. The van der Waals surface area contributed by atoms with Crippen molar-refractivity contribution in [3.8, 4) is 5.75 Å². The van der Waals surface area contributed by atoms with Crippen LogP contribution in [0.4, 0.5) is 0 Å². The zero-order valence-electron chi connectivity index (χ0n) is 15.7. The van der Waals surface area contributed by atoms with Gasteiger partial charge in [0.25, 0.3) is 0 Å². The largest absolute Gasteiger partial charge is 0.494 e. The molecule has 0 unspecified atom stereocenters. The molecule has 25 heavy (non-hydrogen) atoms. The van der Waals surface area contributed by atoms with E-state index in [2.05, 4.69) is 13.8 Å². The highest BCUT2D eigenvalue weighted by molar-refractivity contribution is 5.78. The first-order valence-electron chi connectivity index (χ1n) is 9.20. The summed E-state index contributed by atoms with van der Waals surface area (Å²) in [4.78, 5) is 28.1. The van der Waals surface area contributed by atoms with E-state index in [9.17, 15) is 9.59 Å². The van der Waals surface area contributed by atoms with Gasteiger partial charge in [-0.15, -0.1) is 0 Å². The molecule has 5 heteroatoms. The zero-order valence-corrected chi connectivity index (χ0v) is 15.7. The second-order valence-corrected chi connectivity index (χ2v) is 7.12. The molecular formula is C20H30N2O3. The Balaban J connectivity index is 1.63. The third-order valence-electron chi connectivity index (χ3n) is 4.39. The van der Waals surface area contributed by atoms with Crippen LogP contribution >= 0.6 is 0 Å². The van der Waals surface area contributed by atoms with E-state index in [0.717, 1.165) is 5.75 Å². The summed E-state index contributed by atoms with van der Waals surface area (Å²) < 4.78 is 5.66. The van der Waals surface area contributed by atoms with E-state index >= 15 is 0 Å². The predicted molar refractivity (Wildman–Crippen MR) is 98.5 cm³/mol. The highest BCUT2D eigenvalue weighted by Gasteiger charge is 2.23. The molecule has 0 bridgehead atoms. The van der Waals surface area contributed by atoms with Gasteiger partial charge in [0.05, 0.1) is 6.61 Å². The molecule has 0 saturated carbocycles. The van der Waals surface area contributed by atoms with Crippen molar-refractivity contribution in [2.75, 3.05) is 32.8 Å². The van der Waals surface area contributed by atoms with E-state index in [1.165, 1.54) is 5.56 Å². The van der Waals surface area contributed by atoms with Gasteiger partial charge in [-0.25, -0.2) is 0 Å². The Morgan fingerprint density at radius 3 is 2.12 bits per heavy atom. The fourth-order valence-corrected chi connectivity index (χ4v) is 2.89. The van der Waals surface area contributed by atoms with E-state index in [1.807, 2.05) is 41.0 Å². The maximum Gasteiger partial charge on any atom is 0.222 e. The average molecular weight is 346 g/mol. The van der Waals surface area contributed by atoms with Crippen molar-refractivity contribution in [2.45, 2.75) is 40.0 Å². The Morgan fingerprint density at radius 2 is 1.56 bits per heavy atom. The number of ether oxygens (including phenoxy) is 1. The lowest BCUT2D eigenvalue weighted by Gasteiger charge is -2.35. The summed E-state index contributed by atoms with van der Waals surface area (Å²) in [6.07, 6.45) is 1.79. The third-order valence-corrected chi connectivity index (χ3v) is 4.39. The highest BCUT2D eigenvalue weighted by atomic mass is 16.5. The SMILES string of the molecule is Cc1ccc(OCCCC(=O)N2CCN(C(=O)CC(C)C)CC2)cc1. The molecule has 1 fully saturated rings. The number of nitrogens with zero attached hydrogens (tertiary/aromatic N) is 2. The Bertz CT molecular complexity index is 561. The molecule has 138 valence electrons. The van der Waals surface area contributed by atoms with Gasteiger partial charge in [-0.05, 0) is 31.4 Å². The van der Waals surface area contributed by atoms with Crippen LogP contribution in [-0.4, -0.2) is 54.4 Å². The van der Waals surface area contributed by atoms with Crippen LogP contribution in [-0.2, 0) is 9.59 Å². The lowest BCUT2D eigenvalue weighted by molar-refractivity contribution is -0.140. The molecule has 1 heterocycles. The minimum absolute atomic E-state index is 0.156. The summed E-state index contributed by atoms with van der Waals surface area (Å²) in [5.74, 6) is 1.58. The monoisotopic (exact) mass is 346 g/mol. The van der Waals surface area contributed by atoms with E-state index in [-0.39, 0.29) is 11.8 Å². The summed E-state index contributed by atoms with van der Waals surface area (Å²) in [5, 5.41) is 0. The second-order valence-electron chi connectivity index (χ2n) is 7.12. The smallest absolute Gasteiger partial charge is 0.222 e. The van der Waals surface area contributed by atoms with Gasteiger partial charge < -0.3 is 14.5 Å². The normalized spacial score (nSPS) is 14.7. The number of benzene rings is 1. The Kier molecular flexibility index (Phi) is 7.29. The first kappa shape index (κ1) is 19.3. The molecule has 0 atom stereocenters. The summed E-state index contributed by atoms with van der Waals surface area (Å²) >= 11 is 0. The third kappa shape index (κ3) is 6.40.